The summed E-state index contributed by atoms with van der Waals surface area (Å²) in [5.41, 5.74) is 1.02. The molecule has 0 aliphatic rings. The lowest BCUT2D eigenvalue weighted by Gasteiger charge is -2.03. The highest BCUT2D eigenvalue weighted by Gasteiger charge is 2.02. The van der Waals surface area contributed by atoms with Crippen molar-refractivity contribution in [2.75, 3.05) is 12.4 Å². The van der Waals surface area contributed by atoms with Crippen LogP contribution in [0.5, 0.6) is 11.5 Å². The van der Waals surface area contributed by atoms with Gasteiger partial charge < -0.3 is 15.2 Å². The monoisotopic (exact) mass is 287 g/mol. The van der Waals surface area contributed by atoms with Gasteiger partial charge in [0.25, 0.3) is 0 Å². The standard InChI is InChI=1S/C16H14FNO3/c1-21-15-7-5-11(9-14(15)17)6-8-16(20)18-12-3-2-4-13(19)10-12/h2-10,19H,1H3,(H,18,20)/b8-6+. The molecule has 2 aromatic carbocycles. The summed E-state index contributed by atoms with van der Waals surface area (Å²) in [6.45, 7) is 0. The Balaban J connectivity index is 2.03. The third kappa shape index (κ3) is 4.07. The molecular weight excluding hydrogens is 273 g/mol. The Morgan fingerprint density at radius 3 is 2.76 bits per heavy atom. The molecule has 0 bridgehead atoms. The summed E-state index contributed by atoms with van der Waals surface area (Å²) in [5, 5.41) is 11.9. The molecule has 0 radical (unpaired) electrons. The number of hydrogen-bond donors (Lipinski definition) is 2. The minimum atomic E-state index is -0.493. The number of nitrogens with one attached hydrogen (secondary N) is 1. The van der Waals surface area contributed by atoms with Crippen LogP contribution in [0.1, 0.15) is 5.56 Å². The number of carbonyl (C=O) groups excluding carboxylic acids is 1. The molecule has 1 amide bonds. The Morgan fingerprint density at radius 2 is 2.10 bits per heavy atom. The van der Waals surface area contributed by atoms with Crippen molar-refractivity contribution in [3.8, 4) is 11.5 Å². The summed E-state index contributed by atoms with van der Waals surface area (Å²) < 4.78 is 18.3. The van der Waals surface area contributed by atoms with Crippen molar-refractivity contribution in [3.63, 3.8) is 0 Å². The topological polar surface area (TPSA) is 58.6 Å². The SMILES string of the molecule is COc1ccc(/C=C/C(=O)Nc2cccc(O)c2)cc1F. The molecule has 0 aliphatic heterocycles. The highest BCUT2D eigenvalue weighted by atomic mass is 19.1. The molecule has 2 N–H and O–H groups in total. The molecule has 4 nitrogen and oxygen atoms in total. The molecule has 2 aromatic rings. The van der Waals surface area contributed by atoms with E-state index >= 15 is 0 Å². The Morgan fingerprint density at radius 1 is 1.29 bits per heavy atom. The molecule has 0 saturated carbocycles. The molecule has 0 spiro atoms. The van der Waals surface area contributed by atoms with Crippen LogP contribution in [0.4, 0.5) is 10.1 Å². The van der Waals surface area contributed by atoms with E-state index in [0.29, 0.717) is 11.3 Å². The Labute approximate surface area is 121 Å². The van der Waals surface area contributed by atoms with Crippen molar-refractivity contribution in [2.45, 2.75) is 0 Å². The van der Waals surface area contributed by atoms with Crippen LogP contribution in [-0.2, 0) is 4.79 Å². The van der Waals surface area contributed by atoms with Crippen LogP contribution >= 0.6 is 0 Å². The van der Waals surface area contributed by atoms with E-state index < -0.39 is 5.82 Å². The first-order valence-electron chi connectivity index (χ1n) is 6.20. The third-order valence-electron chi connectivity index (χ3n) is 2.72. The predicted molar refractivity (Wildman–Crippen MR) is 78.7 cm³/mol. The average molecular weight is 287 g/mol. The maximum atomic E-state index is 13.5. The van der Waals surface area contributed by atoms with Gasteiger partial charge in [-0.15, -0.1) is 0 Å². The van der Waals surface area contributed by atoms with Crippen molar-refractivity contribution >= 4 is 17.7 Å². The van der Waals surface area contributed by atoms with Gasteiger partial charge in [-0.1, -0.05) is 12.1 Å². The number of methoxy groups -OCH3 is 1. The van der Waals surface area contributed by atoms with Crippen molar-refractivity contribution in [2.24, 2.45) is 0 Å². The second kappa shape index (κ2) is 6.56. The van der Waals surface area contributed by atoms with E-state index in [2.05, 4.69) is 5.32 Å². The number of amides is 1. The van der Waals surface area contributed by atoms with Gasteiger partial charge >= 0.3 is 0 Å². The number of ether oxygens (including phenoxy) is 1. The van der Waals surface area contributed by atoms with Gasteiger partial charge in [0.2, 0.25) is 5.91 Å². The van der Waals surface area contributed by atoms with Gasteiger partial charge in [-0.2, -0.15) is 0 Å². The molecule has 0 heterocycles. The Kier molecular flexibility index (Phi) is 4.56. The van der Waals surface area contributed by atoms with E-state index in [9.17, 15) is 14.3 Å². The van der Waals surface area contributed by atoms with Gasteiger partial charge in [0, 0.05) is 17.8 Å². The lowest BCUT2D eigenvalue weighted by atomic mass is 10.2. The van der Waals surface area contributed by atoms with Crippen LogP contribution in [-0.4, -0.2) is 18.1 Å². The lowest BCUT2D eigenvalue weighted by Crippen LogP contribution is -2.07. The fourth-order valence-corrected chi connectivity index (χ4v) is 1.73. The highest BCUT2D eigenvalue weighted by molar-refractivity contribution is 6.02. The fourth-order valence-electron chi connectivity index (χ4n) is 1.73. The smallest absolute Gasteiger partial charge is 0.248 e. The number of phenols is 1. The van der Waals surface area contributed by atoms with Crippen LogP contribution in [0.25, 0.3) is 6.08 Å². The molecule has 5 heteroatoms. The number of hydrogen-bond acceptors (Lipinski definition) is 3. The van der Waals surface area contributed by atoms with Gasteiger partial charge in [0.15, 0.2) is 11.6 Å². The molecule has 0 unspecified atom stereocenters. The first-order valence-corrected chi connectivity index (χ1v) is 6.20. The van der Waals surface area contributed by atoms with Crippen molar-refractivity contribution in [1.29, 1.82) is 0 Å². The summed E-state index contributed by atoms with van der Waals surface area (Å²) in [6, 6.07) is 10.6. The zero-order valence-electron chi connectivity index (χ0n) is 11.3. The molecule has 108 valence electrons. The molecule has 0 aliphatic carbocycles. The lowest BCUT2D eigenvalue weighted by molar-refractivity contribution is -0.111. The van der Waals surface area contributed by atoms with Crippen molar-refractivity contribution < 1.29 is 19.0 Å². The highest BCUT2D eigenvalue weighted by Crippen LogP contribution is 2.19. The normalized spacial score (nSPS) is 10.6. The summed E-state index contributed by atoms with van der Waals surface area (Å²) in [7, 11) is 1.39. The second-order valence-electron chi connectivity index (χ2n) is 4.27. The summed E-state index contributed by atoms with van der Waals surface area (Å²) in [4.78, 5) is 11.7. The Bertz CT molecular complexity index is 683. The van der Waals surface area contributed by atoms with Gasteiger partial charge in [0.05, 0.1) is 7.11 Å². The average Bonchev–Trinajstić information content (AvgIpc) is 2.45. The number of carbonyl (C=O) groups is 1. The molecule has 0 atom stereocenters. The van der Waals surface area contributed by atoms with Crippen LogP contribution in [0.3, 0.4) is 0 Å². The van der Waals surface area contributed by atoms with E-state index in [0.717, 1.165) is 0 Å². The number of phenolic OH excluding ortho intramolecular Hbond substituents is 1. The zero-order chi connectivity index (χ0) is 15.2. The summed E-state index contributed by atoms with van der Waals surface area (Å²) in [5.74, 6) is -0.657. The van der Waals surface area contributed by atoms with E-state index in [1.165, 1.54) is 43.5 Å². The zero-order valence-corrected chi connectivity index (χ0v) is 11.3. The number of halogens is 1. The largest absolute Gasteiger partial charge is 0.508 e. The van der Waals surface area contributed by atoms with Gasteiger partial charge in [0.1, 0.15) is 5.75 Å². The second-order valence-corrected chi connectivity index (χ2v) is 4.27. The van der Waals surface area contributed by atoms with Crippen molar-refractivity contribution in [1.82, 2.24) is 0 Å². The fraction of sp³-hybridized carbons (Fsp3) is 0.0625. The summed E-state index contributed by atoms with van der Waals surface area (Å²) >= 11 is 0. The maximum absolute atomic E-state index is 13.5. The maximum Gasteiger partial charge on any atom is 0.248 e. The first-order chi connectivity index (χ1) is 10.1. The number of benzene rings is 2. The number of anilines is 1. The van der Waals surface area contributed by atoms with Crippen LogP contribution < -0.4 is 10.1 Å². The summed E-state index contributed by atoms with van der Waals surface area (Å²) in [6.07, 6.45) is 2.77. The number of aromatic hydroxyl groups is 1. The van der Waals surface area contributed by atoms with E-state index in [1.54, 1.807) is 18.2 Å². The molecule has 0 saturated heterocycles. The first kappa shape index (κ1) is 14.6. The van der Waals surface area contributed by atoms with E-state index in [-0.39, 0.29) is 17.4 Å². The quantitative estimate of drug-likeness (QED) is 0.849. The minimum Gasteiger partial charge on any atom is -0.508 e. The molecule has 2 rings (SSSR count). The van der Waals surface area contributed by atoms with Gasteiger partial charge in [-0.3, -0.25) is 4.79 Å². The predicted octanol–water partition coefficient (Wildman–Crippen LogP) is 3.19. The van der Waals surface area contributed by atoms with Gasteiger partial charge in [-0.05, 0) is 35.9 Å². The van der Waals surface area contributed by atoms with Crippen LogP contribution in [0, 0.1) is 5.82 Å². The van der Waals surface area contributed by atoms with Gasteiger partial charge in [-0.25, -0.2) is 4.39 Å². The van der Waals surface area contributed by atoms with Crippen LogP contribution in [0.15, 0.2) is 48.5 Å². The molecule has 0 aromatic heterocycles. The molecule has 21 heavy (non-hydrogen) atoms. The van der Waals surface area contributed by atoms with E-state index in [4.69, 9.17) is 4.74 Å². The third-order valence-corrected chi connectivity index (χ3v) is 2.72. The minimum absolute atomic E-state index is 0.0639. The Hall–Kier alpha value is -2.82. The molecular formula is C16H14FNO3. The van der Waals surface area contributed by atoms with Crippen LogP contribution in [0.2, 0.25) is 0 Å². The van der Waals surface area contributed by atoms with E-state index in [1.807, 2.05) is 0 Å². The molecule has 0 fully saturated rings. The van der Waals surface area contributed by atoms with Crippen molar-refractivity contribution in [3.05, 3.63) is 59.9 Å². The number of rotatable bonds is 4.